The molecule has 0 spiro atoms. The summed E-state index contributed by atoms with van der Waals surface area (Å²) in [6.45, 7) is 5.93. The van der Waals surface area contributed by atoms with Crippen molar-refractivity contribution in [3.8, 4) is 33.9 Å². The van der Waals surface area contributed by atoms with Crippen LogP contribution in [0.2, 0.25) is 0 Å². The summed E-state index contributed by atoms with van der Waals surface area (Å²) >= 11 is 0. The Hall–Kier alpha value is -3.19. The molecule has 7 heteroatoms. The molecule has 0 bridgehead atoms. The summed E-state index contributed by atoms with van der Waals surface area (Å²) in [4.78, 5) is 16.1. The Morgan fingerprint density at radius 3 is 2.59 bits per heavy atom. The van der Waals surface area contributed by atoms with Crippen molar-refractivity contribution < 1.29 is 14.2 Å². The fourth-order valence-electron chi connectivity index (χ4n) is 3.86. The molecule has 29 heavy (non-hydrogen) atoms. The SMILES string of the molecule is C[C@@H]1CN(c2ncc(-c3ccc4c(c3)OCO4)c(-c3cccnc3)n2)C[C@@H](C)O1. The fraction of sp³-hybridized carbons (Fsp3) is 0.318. The van der Waals surface area contributed by atoms with E-state index in [1.54, 1.807) is 6.20 Å². The number of anilines is 1. The van der Waals surface area contributed by atoms with Crippen molar-refractivity contribution in [3.63, 3.8) is 0 Å². The predicted molar refractivity (Wildman–Crippen MR) is 109 cm³/mol. The lowest BCUT2D eigenvalue weighted by molar-refractivity contribution is -0.00571. The number of morpholine rings is 1. The Morgan fingerprint density at radius 1 is 0.966 bits per heavy atom. The smallest absolute Gasteiger partial charge is 0.231 e. The second kappa shape index (κ2) is 7.33. The number of hydrogen-bond acceptors (Lipinski definition) is 7. The number of nitrogens with zero attached hydrogens (tertiary/aromatic N) is 4. The van der Waals surface area contributed by atoms with Gasteiger partial charge in [0, 0.05) is 42.8 Å². The van der Waals surface area contributed by atoms with E-state index in [9.17, 15) is 0 Å². The van der Waals surface area contributed by atoms with Crippen LogP contribution in [0, 0.1) is 0 Å². The first-order chi connectivity index (χ1) is 14.2. The Bertz CT molecular complexity index is 1020. The van der Waals surface area contributed by atoms with Crippen LogP contribution in [0.5, 0.6) is 11.5 Å². The van der Waals surface area contributed by atoms with E-state index in [1.165, 1.54) is 0 Å². The van der Waals surface area contributed by atoms with Gasteiger partial charge >= 0.3 is 0 Å². The molecule has 1 fully saturated rings. The van der Waals surface area contributed by atoms with E-state index in [2.05, 4.69) is 23.7 Å². The minimum atomic E-state index is 0.137. The van der Waals surface area contributed by atoms with Crippen LogP contribution in [0.3, 0.4) is 0 Å². The van der Waals surface area contributed by atoms with Crippen LogP contribution in [0.15, 0.2) is 48.9 Å². The summed E-state index contributed by atoms with van der Waals surface area (Å²) in [7, 11) is 0. The van der Waals surface area contributed by atoms with E-state index >= 15 is 0 Å². The highest BCUT2D eigenvalue weighted by atomic mass is 16.7. The Kier molecular flexibility index (Phi) is 4.52. The highest BCUT2D eigenvalue weighted by Gasteiger charge is 2.25. The predicted octanol–water partition coefficient (Wildman–Crippen LogP) is 3.55. The minimum absolute atomic E-state index is 0.137. The topological polar surface area (TPSA) is 69.6 Å². The second-order valence-corrected chi connectivity index (χ2v) is 7.40. The average molecular weight is 390 g/mol. The zero-order valence-corrected chi connectivity index (χ0v) is 16.4. The first kappa shape index (κ1) is 17.9. The zero-order chi connectivity index (χ0) is 19.8. The number of ether oxygens (including phenoxy) is 3. The van der Waals surface area contributed by atoms with E-state index in [1.807, 2.05) is 42.7 Å². The summed E-state index contributed by atoms with van der Waals surface area (Å²) in [6.07, 6.45) is 5.74. The molecule has 2 atom stereocenters. The number of rotatable bonds is 3. The van der Waals surface area contributed by atoms with E-state index < -0.39 is 0 Å². The molecule has 1 aromatic carbocycles. The van der Waals surface area contributed by atoms with Crippen LogP contribution in [0.4, 0.5) is 5.95 Å². The van der Waals surface area contributed by atoms with E-state index in [-0.39, 0.29) is 19.0 Å². The van der Waals surface area contributed by atoms with Crippen molar-refractivity contribution in [1.29, 1.82) is 0 Å². The molecule has 3 aromatic rings. The number of fused-ring (bicyclic) bond motifs is 1. The molecule has 148 valence electrons. The highest BCUT2D eigenvalue weighted by molar-refractivity contribution is 5.81. The van der Waals surface area contributed by atoms with Gasteiger partial charge in [-0.3, -0.25) is 4.98 Å². The highest BCUT2D eigenvalue weighted by Crippen LogP contribution is 2.38. The standard InChI is InChI=1S/C22H22N4O3/c1-14-11-26(12-15(2)29-14)22-24-10-18(21(25-22)17-4-3-7-23-9-17)16-5-6-19-20(8-16)28-13-27-19/h3-10,14-15H,11-13H2,1-2H3/t14-,15-/m1/s1. The van der Waals surface area contributed by atoms with Gasteiger partial charge in [0.15, 0.2) is 11.5 Å². The monoisotopic (exact) mass is 390 g/mol. The molecule has 5 rings (SSSR count). The normalized spacial score (nSPS) is 20.7. The van der Waals surface area contributed by atoms with Crippen LogP contribution < -0.4 is 14.4 Å². The summed E-state index contributed by atoms with van der Waals surface area (Å²) in [5.74, 6) is 2.19. The largest absolute Gasteiger partial charge is 0.454 e. The summed E-state index contributed by atoms with van der Waals surface area (Å²) < 4.78 is 16.8. The van der Waals surface area contributed by atoms with Crippen LogP contribution in [0.25, 0.3) is 22.4 Å². The molecule has 1 saturated heterocycles. The second-order valence-electron chi connectivity index (χ2n) is 7.40. The first-order valence-corrected chi connectivity index (χ1v) is 9.75. The number of aromatic nitrogens is 3. The van der Waals surface area contributed by atoms with Crippen LogP contribution >= 0.6 is 0 Å². The molecular formula is C22H22N4O3. The molecule has 0 unspecified atom stereocenters. The third kappa shape index (κ3) is 3.49. The summed E-state index contributed by atoms with van der Waals surface area (Å²) in [5, 5.41) is 0. The van der Waals surface area contributed by atoms with Crippen molar-refractivity contribution in [2.45, 2.75) is 26.1 Å². The maximum absolute atomic E-state index is 5.86. The van der Waals surface area contributed by atoms with Gasteiger partial charge in [-0.05, 0) is 43.7 Å². The van der Waals surface area contributed by atoms with Gasteiger partial charge < -0.3 is 19.1 Å². The minimum Gasteiger partial charge on any atom is -0.454 e. The molecule has 2 aromatic heterocycles. The lowest BCUT2D eigenvalue weighted by atomic mass is 10.0. The molecule has 0 radical (unpaired) electrons. The number of hydrogen-bond donors (Lipinski definition) is 0. The number of pyridine rings is 1. The van der Waals surface area contributed by atoms with Crippen molar-refractivity contribution in [1.82, 2.24) is 15.0 Å². The molecule has 0 N–H and O–H groups in total. The van der Waals surface area contributed by atoms with Gasteiger partial charge in [0.1, 0.15) is 0 Å². The molecular weight excluding hydrogens is 368 g/mol. The van der Waals surface area contributed by atoms with Gasteiger partial charge in [-0.15, -0.1) is 0 Å². The lowest BCUT2D eigenvalue weighted by Gasteiger charge is -2.35. The molecule has 0 saturated carbocycles. The van der Waals surface area contributed by atoms with Crippen molar-refractivity contribution in [3.05, 3.63) is 48.9 Å². The number of benzene rings is 1. The van der Waals surface area contributed by atoms with Crippen LogP contribution in [-0.4, -0.2) is 47.0 Å². The maximum Gasteiger partial charge on any atom is 0.231 e. The van der Waals surface area contributed by atoms with Gasteiger partial charge in [-0.2, -0.15) is 0 Å². The van der Waals surface area contributed by atoms with Crippen molar-refractivity contribution >= 4 is 5.95 Å². The van der Waals surface area contributed by atoms with Crippen LogP contribution in [-0.2, 0) is 4.74 Å². The molecule has 2 aliphatic heterocycles. The lowest BCUT2D eigenvalue weighted by Crippen LogP contribution is -2.46. The van der Waals surface area contributed by atoms with Gasteiger partial charge in [0.25, 0.3) is 0 Å². The van der Waals surface area contributed by atoms with Gasteiger partial charge in [0.05, 0.1) is 17.9 Å². The first-order valence-electron chi connectivity index (χ1n) is 9.75. The molecule has 0 amide bonds. The molecule has 2 aliphatic rings. The Labute approximate surface area is 169 Å². The zero-order valence-electron chi connectivity index (χ0n) is 16.4. The van der Waals surface area contributed by atoms with Crippen molar-refractivity contribution in [2.75, 3.05) is 24.8 Å². The fourth-order valence-corrected chi connectivity index (χ4v) is 3.86. The average Bonchev–Trinajstić information content (AvgIpc) is 3.21. The summed E-state index contributed by atoms with van der Waals surface area (Å²) in [6, 6.07) is 9.83. The van der Waals surface area contributed by atoms with E-state index in [0.29, 0.717) is 5.95 Å². The Morgan fingerprint density at radius 2 is 1.79 bits per heavy atom. The van der Waals surface area contributed by atoms with Crippen molar-refractivity contribution in [2.24, 2.45) is 0 Å². The maximum atomic E-state index is 5.86. The van der Waals surface area contributed by atoms with E-state index in [4.69, 9.17) is 24.2 Å². The Balaban J connectivity index is 1.60. The molecule has 4 heterocycles. The quantitative estimate of drug-likeness (QED) is 0.677. The summed E-state index contributed by atoms with van der Waals surface area (Å²) in [5.41, 5.74) is 3.68. The van der Waals surface area contributed by atoms with Gasteiger partial charge in [0.2, 0.25) is 12.7 Å². The molecule has 0 aliphatic carbocycles. The third-order valence-corrected chi connectivity index (χ3v) is 5.10. The van der Waals surface area contributed by atoms with E-state index in [0.717, 1.165) is 47.0 Å². The van der Waals surface area contributed by atoms with Gasteiger partial charge in [-0.1, -0.05) is 6.07 Å². The van der Waals surface area contributed by atoms with Gasteiger partial charge in [-0.25, -0.2) is 9.97 Å². The third-order valence-electron chi connectivity index (χ3n) is 5.10. The molecule has 7 nitrogen and oxygen atoms in total. The van der Waals surface area contributed by atoms with Crippen LogP contribution in [0.1, 0.15) is 13.8 Å².